The van der Waals surface area contributed by atoms with E-state index in [1.807, 2.05) is 0 Å². The number of para-hydroxylation sites is 4. The minimum atomic E-state index is -0.221. The van der Waals surface area contributed by atoms with Gasteiger partial charge in [-0.2, -0.15) is 0 Å². The monoisotopic (exact) mass is 456 g/mol. The Hall–Kier alpha value is -3.78. The van der Waals surface area contributed by atoms with E-state index in [4.69, 9.17) is 9.47 Å². The highest BCUT2D eigenvalue weighted by molar-refractivity contribution is 5.68. The van der Waals surface area contributed by atoms with Gasteiger partial charge in [0.05, 0.1) is 0 Å². The van der Waals surface area contributed by atoms with Gasteiger partial charge in [-0.3, -0.25) is 0 Å². The van der Waals surface area contributed by atoms with Crippen LogP contribution < -0.4 is 9.47 Å². The molecule has 2 spiro atoms. The van der Waals surface area contributed by atoms with Gasteiger partial charge in [0.1, 0.15) is 23.0 Å². The first kappa shape index (κ1) is 20.6. The Kier molecular flexibility index (Phi) is 4.33. The van der Waals surface area contributed by atoms with Crippen molar-refractivity contribution >= 4 is 0 Å². The topological polar surface area (TPSA) is 18.5 Å². The summed E-state index contributed by atoms with van der Waals surface area (Å²) >= 11 is 0. The van der Waals surface area contributed by atoms with Gasteiger partial charge in [0.15, 0.2) is 0 Å². The zero-order chi connectivity index (χ0) is 23.6. The summed E-state index contributed by atoms with van der Waals surface area (Å²) in [6, 6.07) is 34.5. The molecule has 0 amide bonds. The molecular weight excluding hydrogens is 428 g/mol. The second-order valence-electron chi connectivity index (χ2n) is 10.1. The molecule has 3 aliphatic rings. The zero-order valence-electron chi connectivity index (χ0n) is 20.2. The Morgan fingerprint density at radius 1 is 0.457 bits per heavy atom. The van der Waals surface area contributed by atoms with Crippen LogP contribution in [0.5, 0.6) is 23.0 Å². The molecular formula is C33H28O2. The highest BCUT2D eigenvalue weighted by atomic mass is 16.5. The van der Waals surface area contributed by atoms with E-state index in [1.165, 1.54) is 33.4 Å². The molecule has 0 unspecified atom stereocenters. The van der Waals surface area contributed by atoms with E-state index in [0.717, 1.165) is 42.3 Å². The number of rotatable bonds is 0. The first-order valence-electron chi connectivity index (χ1n) is 12.6. The second-order valence-corrected chi connectivity index (χ2v) is 10.1. The fourth-order valence-electron chi connectivity index (χ4n) is 7.14. The van der Waals surface area contributed by atoms with Crippen molar-refractivity contribution in [2.45, 2.75) is 43.9 Å². The van der Waals surface area contributed by atoms with Crippen LogP contribution in [-0.2, 0) is 10.8 Å². The summed E-state index contributed by atoms with van der Waals surface area (Å²) in [4.78, 5) is 0. The summed E-state index contributed by atoms with van der Waals surface area (Å²) in [6.07, 6.45) is 3.17. The minimum Gasteiger partial charge on any atom is -0.457 e. The molecule has 0 bridgehead atoms. The van der Waals surface area contributed by atoms with Crippen LogP contribution in [0.3, 0.4) is 0 Å². The van der Waals surface area contributed by atoms with Crippen LogP contribution in [0.4, 0.5) is 0 Å². The molecule has 2 nitrogen and oxygen atoms in total. The summed E-state index contributed by atoms with van der Waals surface area (Å²) in [5.74, 6) is 3.90. The SMILES string of the molecule is CC1=C(C)C2(CCCC13c1ccccc1Oc1ccccc13)c1ccccc1Oc1ccccc12. The number of hydrogen-bond donors (Lipinski definition) is 0. The van der Waals surface area contributed by atoms with Crippen molar-refractivity contribution in [1.29, 1.82) is 0 Å². The second kappa shape index (κ2) is 7.36. The molecule has 0 saturated carbocycles. The van der Waals surface area contributed by atoms with Gasteiger partial charge in [-0.05, 0) is 51.0 Å². The van der Waals surface area contributed by atoms with Gasteiger partial charge in [0.25, 0.3) is 0 Å². The number of allylic oxidation sites excluding steroid dienone is 2. The molecule has 2 heterocycles. The molecule has 7 rings (SSSR count). The lowest BCUT2D eigenvalue weighted by atomic mass is 9.62. The molecule has 2 heteroatoms. The Morgan fingerprint density at radius 2 is 0.743 bits per heavy atom. The Morgan fingerprint density at radius 3 is 1.06 bits per heavy atom. The third kappa shape index (κ3) is 2.60. The fourth-order valence-corrected chi connectivity index (χ4v) is 7.14. The Balaban J connectivity index is 1.58. The molecule has 4 aromatic rings. The smallest absolute Gasteiger partial charge is 0.131 e. The lowest BCUT2D eigenvalue weighted by Crippen LogP contribution is -2.35. The molecule has 35 heavy (non-hydrogen) atoms. The molecule has 0 atom stereocenters. The summed E-state index contributed by atoms with van der Waals surface area (Å²) < 4.78 is 12.9. The number of benzene rings is 4. The minimum absolute atomic E-state index is 0.221. The zero-order valence-corrected chi connectivity index (χ0v) is 20.2. The average molecular weight is 457 g/mol. The van der Waals surface area contributed by atoms with E-state index in [9.17, 15) is 0 Å². The van der Waals surface area contributed by atoms with E-state index in [1.54, 1.807) is 0 Å². The number of ether oxygens (including phenoxy) is 2. The molecule has 1 aliphatic carbocycles. The summed E-state index contributed by atoms with van der Waals surface area (Å²) in [5, 5.41) is 0. The maximum absolute atomic E-state index is 6.44. The summed E-state index contributed by atoms with van der Waals surface area (Å²) in [7, 11) is 0. The van der Waals surface area contributed by atoms with Crippen LogP contribution in [0.15, 0.2) is 108 Å². The van der Waals surface area contributed by atoms with Crippen LogP contribution in [0.25, 0.3) is 0 Å². The fraction of sp³-hybridized carbons (Fsp3) is 0.212. The van der Waals surface area contributed by atoms with Gasteiger partial charge in [0, 0.05) is 33.1 Å². The molecule has 0 saturated heterocycles. The Bertz CT molecular complexity index is 1310. The summed E-state index contributed by atoms with van der Waals surface area (Å²) in [6.45, 7) is 4.73. The largest absolute Gasteiger partial charge is 0.457 e. The van der Waals surface area contributed by atoms with Crippen LogP contribution in [0.1, 0.15) is 55.4 Å². The van der Waals surface area contributed by atoms with Crippen molar-refractivity contribution in [2.24, 2.45) is 0 Å². The normalized spacial score (nSPS) is 18.5. The van der Waals surface area contributed by atoms with Gasteiger partial charge in [-0.25, -0.2) is 0 Å². The number of fused-ring (bicyclic) bond motifs is 8. The van der Waals surface area contributed by atoms with E-state index in [0.29, 0.717) is 0 Å². The van der Waals surface area contributed by atoms with Gasteiger partial charge in [0.2, 0.25) is 0 Å². The van der Waals surface area contributed by atoms with E-state index < -0.39 is 0 Å². The summed E-state index contributed by atoms with van der Waals surface area (Å²) in [5.41, 5.74) is 7.52. The molecule has 2 aliphatic heterocycles. The predicted molar refractivity (Wildman–Crippen MR) is 140 cm³/mol. The van der Waals surface area contributed by atoms with Crippen LogP contribution >= 0.6 is 0 Å². The van der Waals surface area contributed by atoms with Crippen molar-refractivity contribution in [1.82, 2.24) is 0 Å². The third-order valence-electron chi connectivity index (χ3n) is 8.77. The highest BCUT2D eigenvalue weighted by Crippen LogP contribution is 2.62. The lowest BCUT2D eigenvalue weighted by molar-refractivity contribution is 0.387. The molecule has 0 N–H and O–H groups in total. The maximum atomic E-state index is 6.44. The molecule has 4 aromatic carbocycles. The molecule has 0 radical (unpaired) electrons. The van der Waals surface area contributed by atoms with Gasteiger partial charge in [-0.1, -0.05) is 90.4 Å². The van der Waals surface area contributed by atoms with Crippen LogP contribution in [0, 0.1) is 0 Å². The van der Waals surface area contributed by atoms with Gasteiger partial charge in [-0.15, -0.1) is 0 Å². The molecule has 0 fully saturated rings. The lowest BCUT2D eigenvalue weighted by Gasteiger charge is -2.44. The van der Waals surface area contributed by atoms with Gasteiger partial charge < -0.3 is 9.47 Å². The maximum Gasteiger partial charge on any atom is 0.131 e. The molecule has 0 aromatic heterocycles. The third-order valence-corrected chi connectivity index (χ3v) is 8.77. The van der Waals surface area contributed by atoms with E-state index in [-0.39, 0.29) is 10.8 Å². The van der Waals surface area contributed by atoms with Crippen molar-refractivity contribution in [3.63, 3.8) is 0 Å². The predicted octanol–water partition coefficient (Wildman–Crippen LogP) is 8.69. The van der Waals surface area contributed by atoms with E-state index in [2.05, 4.69) is 111 Å². The van der Waals surface area contributed by atoms with Crippen molar-refractivity contribution in [2.75, 3.05) is 0 Å². The Labute approximate surface area is 206 Å². The van der Waals surface area contributed by atoms with Crippen molar-refractivity contribution in [3.05, 3.63) is 130 Å². The van der Waals surface area contributed by atoms with Crippen molar-refractivity contribution < 1.29 is 9.47 Å². The number of hydrogen-bond acceptors (Lipinski definition) is 2. The highest BCUT2D eigenvalue weighted by Gasteiger charge is 2.51. The van der Waals surface area contributed by atoms with Gasteiger partial charge >= 0.3 is 0 Å². The molecule has 172 valence electrons. The first-order chi connectivity index (χ1) is 17.2. The first-order valence-corrected chi connectivity index (χ1v) is 12.6. The standard InChI is InChI=1S/C33H28O2/c1-22-23(2)33(26-14-5-9-18-30(26)35-31-19-10-6-15-27(31)33)21-11-20-32(22)24-12-3-7-16-28(24)34-29-17-8-4-13-25(29)32/h3-10,12-19H,11,20-21H2,1-2H3. The average Bonchev–Trinajstić information content (AvgIpc) is 3.01. The van der Waals surface area contributed by atoms with Crippen LogP contribution in [-0.4, -0.2) is 0 Å². The van der Waals surface area contributed by atoms with Crippen molar-refractivity contribution in [3.8, 4) is 23.0 Å². The van der Waals surface area contributed by atoms with Crippen LogP contribution in [0.2, 0.25) is 0 Å². The quantitative estimate of drug-likeness (QED) is 0.246. The van der Waals surface area contributed by atoms with E-state index >= 15 is 0 Å².